The molecule has 0 aliphatic rings. The van der Waals surface area contributed by atoms with Crippen LogP contribution in [-0.4, -0.2) is 37.9 Å². The van der Waals surface area contributed by atoms with E-state index in [4.69, 9.17) is 17.0 Å². The van der Waals surface area contributed by atoms with Crippen LogP contribution in [0.2, 0.25) is 19.6 Å². The first kappa shape index (κ1) is 15.9. The molecule has 0 spiro atoms. The van der Waals surface area contributed by atoms with Gasteiger partial charge in [0.15, 0.2) is 0 Å². The summed E-state index contributed by atoms with van der Waals surface area (Å²) in [6.45, 7) is 8.63. The molecule has 3 nitrogen and oxygen atoms in total. The zero-order chi connectivity index (χ0) is 14.8. The molecule has 0 aliphatic heterocycles. The molecule has 0 unspecified atom stereocenters. The molecule has 0 amide bonds. The number of benzene rings is 1. The molecule has 0 aromatic heterocycles. The minimum Gasteiger partial charge on any atom is -0.465 e. The van der Waals surface area contributed by atoms with Crippen molar-refractivity contribution < 1.29 is 9.53 Å². The van der Waals surface area contributed by atoms with E-state index in [1.54, 1.807) is 6.07 Å². The first-order valence-corrected chi connectivity index (χ1v) is 10.0. The van der Waals surface area contributed by atoms with Crippen molar-refractivity contribution in [2.24, 2.45) is 0 Å². The third-order valence-electron chi connectivity index (χ3n) is 3.19. The molecule has 0 radical (unpaired) electrons. The highest BCUT2D eigenvalue weighted by atomic mass is 32.1. The van der Waals surface area contributed by atoms with Gasteiger partial charge in [-0.3, -0.25) is 0 Å². The van der Waals surface area contributed by atoms with E-state index in [2.05, 4.69) is 24.2 Å². The molecule has 0 atom stereocenters. The SMILES string of the molecule is COC(=O)c1ccc(C(=S)N(C)[Si](C)(C)C)cc1C. The van der Waals surface area contributed by atoms with Crippen LogP contribution in [0.1, 0.15) is 21.5 Å². The van der Waals surface area contributed by atoms with Gasteiger partial charge in [-0.05, 0) is 31.7 Å². The average Bonchev–Trinajstić information content (AvgIpc) is 2.34. The van der Waals surface area contributed by atoms with Crippen LogP contribution in [-0.2, 0) is 4.74 Å². The highest BCUT2D eigenvalue weighted by Gasteiger charge is 2.23. The number of ether oxygens (including phenoxy) is 1. The number of esters is 1. The van der Waals surface area contributed by atoms with Crippen LogP contribution in [0.25, 0.3) is 0 Å². The third kappa shape index (κ3) is 3.64. The Balaban J connectivity index is 3.08. The van der Waals surface area contributed by atoms with E-state index in [1.807, 2.05) is 26.1 Å². The van der Waals surface area contributed by atoms with Crippen molar-refractivity contribution in [3.8, 4) is 0 Å². The molecule has 0 heterocycles. The van der Waals surface area contributed by atoms with Gasteiger partial charge in [0.25, 0.3) is 0 Å². The van der Waals surface area contributed by atoms with E-state index in [-0.39, 0.29) is 5.97 Å². The zero-order valence-corrected chi connectivity index (χ0v) is 14.2. The van der Waals surface area contributed by atoms with Crippen molar-refractivity contribution in [2.45, 2.75) is 26.6 Å². The average molecular weight is 295 g/mol. The lowest BCUT2D eigenvalue weighted by Crippen LogP contribution is -2.46. The van der Waals surface area contributed by atoms with Gasteiger partial charge in [-0.15, -0.1) is 0 Å². The van der Waals surface area contributed by atoms with E-state index < -0.39 is 8.24 Å². The molecule has 0 saturated carbocycles. The van der Waals surface area contributed by atoms with Gasteiger partial charge >= 0.3 is 5.97 Å². The van der Waals surface area contributed by atoms with E-state index in [0.29, 0.717) is 5.56 Å². The van der Waals surface area contributed by atoms with Gasteiger partial charge in [-0.2, -0.15) is 0 Å². The largest absolute Gasteiger partial charge is 0.465 e. The molecule has 19 heavy (non-hydrogen) atoms. The second-order valence-corrected chi connectivity index (χ2v) is 11.0. The Kier molecular flexibility index (Phi) is 4.87. The van der Waals surface area contributed by atoms with Crippen molar-refractivity contribution in [1.29, 1.82) is 0 Å². The zero-order valence-electron chi connectivity index (χ0n) is 12.4. The number of carbonyl (C=O) groups excluding carboxylic acids is 1. The standard InChI is InChI=1S/C14H21NO2SSi/c1-10-9-11(7-8-12(10)14(16)17-3)13(18)15(2)19(4,5)6/h7-9H,1-6H3. The second kappa shape index (κ2) is 5.84. The van der Waals surface area contributed by atoms with Crippen molar-refractivity contribution in [3.63, 3.8) is 0 Å². The van der Waals surface area contributed by atoms with E-state index in [1.165, 1.54) is 7.11 Å². The third-order valence-corrected chi connectivity index (χ3v) is 6.10. The van der Waals surface area contributed by atoms with Crippen LogP contribution in [0.5, 0.6) is 0 Å². The summed E-state index contributed by atoms with van der Waals surface area (Å²) in [6.07, 6.45) is 0. The summed E-state index contributed by atoms with van der Waals surface area (Å²) in [5.41, 5.74) is 2.45. The Bertz CT molecular complexity index is 509. The van der Waals surface area contributed by atoms with Crippen molar-refractivity contribution in [1.82, 2.24) is 4.57 Å². The van der Waals surface area contributed by atoms with Gasteiger partial charge in [-0.25, -0.2) is 4.79 Å². The summed E-state index contributed by atoms with van der Waals surface area (Å²) in [6, 6.07) is 5.62. The fraction of sp³-hybridized carbons (Fsp3) is 0.429. The molecule has 0 bridgehead atoms. The van der Waals surface area contributed by atoms with Gasteiger partial charge in [0.1, 0.15) is 13.2 Å². The lowest BCUT2D eigenvalue weighted by atomic mass is 10.1. The molecule has 0 aliphatic carbocycles. The molecule has 0 N–H and O–H groups in total. The highest BCUT2D eigenvalue weighted by Crippen LogP contribution is 2.17. The van der Waals surface area contributed by atoms with Gasteiger partial charge < -0.3 is 9.30 Å². The Morgan fingerprint density at radius 3 is 2.32 bits per heavy atom. The van der Waals surface area contributed by atoms with Crippen molar-refractivity contribution >= 4 is 31.4 Å². The normalized spacial score (nSPS) is 11.1. The first-order valence-electron chi connectivity index (χ1n) is 6.15. The number of thiocarbonyl (C=S) groups is 1. The van der Waals surface area contributed by atoms with E-state index in [0.717, 1.165) is 16.1 Å². The molecule has 0 saturated heterocycles. The maximum Gasteiger partial charge on any atom is 0.338 e. The van der Waals surface area contributed by atoms with Crippen molar-refractivity contribution in [3.05, 3.63) is 34.9 Å². The second-order valence-electron chi connectivity index (χ2n) is 5.56. The van der Waals surface area contributed by atoms with Gasteiger partial charge in [0, 0.05) is 5.56 Å². The molecule has 1 aromatic rings. The summed E-state index contributed by atoms with van der Waals surface area (Å²) in [5, 5.41) is 0. The molecular weight excluding hydrogens is 274 g/mol. The van der Waals surface area contributed by atoms with E-state index in [9.17, 15) is 4.79 Å². The van der Waals surface area contributed by atoms with Gasteiger partial charge in [0.2, 0.25) is 0 Å². The predicted octanol–water partition coefficient (Wildman–Crippen LogP) is 3.22. The minimum absolute atomic E-state index is 0.312. The molecule has 1 aromatic carbocycles. The van der Waals surface area contributed by atoms with Crippen molar-refractivity contribution in [2.75, 3.05) is 14.2 Å². The smallest absolute Gasteiger partial charge is 0.338 e. The van der Waals surface area contributed by atoms with Crippen LogP contribution in [0.15, 0.2) is 18.2 Å². The van der Waals surface area contributed by atoms with Crippen LogP contribution < -0.4 is 0 Å². The molecule has 1 rings (SSSR count). The highest BCUT2D eigenvalue weighted by molar-refractivity contribution is 7.80. The first-order chi connectivity index (χ1) is 8.68. The number of hydrogen-bond acceptors (Lipinski definition) is 3. The molecule has 5 heteroatoms. The lowest BCUT2D eigenvalue weighted by Gasteiger charge is -2.32. The Labute approximate surface area is 121 Å². The predicted molar refractivity (Wildman–Crippen MR) is 85.3 cm³/mol. The Hall–Kier alpha value is -1.20. The minimum atomic E-state index is -1.47. The topological polar surface area (TPSA) is 29.5 Å². The number of aryl methyl sites for hydroxylation is 1. The van der Waals surface area contributed by atoms with Gasteiger partial charge in [-0.1, -0.05) is 37.9 Å². The number of carbonyl (C=O) groups is 1. The summed E-state index contributed by atoms with van der Waals surface area (Å²) in [7, 11) is 1.96. The lowest BCUT2D eigenvalue weighted by molar-refractivity contribution is 0.0600. The number of hydrogen-bond donors (Lipinski definition) is 0. The number of nitrogens with zero attached hydrogens (tertiary/aromatic N) is 1. The summed E-state index contributed by atoms with van der Waals surface area (Å²) < 4.78 is 6.93. The van der Waals surface area contributed by atoms with Crippen LogP contribution in [0, 0.1) is 6.92 Å². The number of methoxy groups -OCH3 is 1. The van der Waals surface area contributed by atoms with Crippen LogP contribution >= 0.6 is 12.2 Å². The van der Waals surface area contributed by atoms with Crippen LogP contribution in [0.4, 0.5) is 0 Å². The Morgan fingerprint density at radius 1 is 1.32 bits per heavy atom. The van der Waals surface area contributed by atoms with Gasteiger partial charge in [0.05, 0.1) is 12.7 Å². The fourth-order valence-corrected chi connectivity index (χ4v) is 3.32. The summed E-state index contributed by atoms with van der Waals surface area (Å²) in [4.78, 5) is 12.4. The monoisotopic (exact) mass is 295 g/mol. The maximum absolute atomic E-state index is 11.5. The summed E-state index contributed by atoms with van der Waals surface area (Å²) >= 11 is 5.53. The fourth-order valence-electron chi connectivity index (χ4n) is 1.63. The number of rotatable bonds is 3. The molecule has 0 fully saturated rings. The Morgan fingerprint density at radius 2 is 1.89 bits per heavy atom. The van der Waals surface area contributed by atoms with Crippen LogP contribution in [0.3, 0.4) is 0 Å². The molecule has 104 valence electrons. The van der Waals surface area contributed by atoms with E-state index >= 15 is 0 Å². The molecular formula is C14H21NO2SSi. The summed E-state index contributed by atoms with van der Waals surface area (Å²) in [5.74, 6) is -0.312. The maximum atomic E-state index is 11.5. The quantitative estimate of drug-likeness (QED) is 0.486.